The molecule has 2 rings (SSSR count). The van der Waals surface area contributed by atoms with Gasteiger partial charge in [0.15, 0.2) is 0 Å². The van der Waals surface area contributed by atoms with Gasteiger partial charge in [-0.25, -0.2) is 4.79 Å². The number of alkyl carbamates (subject to hydrolysis) is 1. The lowest BCUT2D eigenvalue weighted by Crippen LogP contribution is -2.56. The Bertz CT molecular complexity index is 1110. The highest BCUT2D eigenvalue weighted by atomic mass is 16.6. The number of rotatable bonds is 12. The Morgan fingerprint density at radius 3 is 2.08 bits per heavy atom. The molecular weight excluding hydrogens is 496 g/mol. The standard InChI is InChI=1S/C30H42N4O5/c1-7-20(3)34(28(37)24(18-25(31)35)33-29(38)39-30(4,5)6)26(23-16-14-21(8-2)15-17-23)27(36)32-19-22-12-10-9-11-13-22/h9-17,20,24,26H,7-8,18-19H2,1-6H3,(H2,31,35)(H,32,36)(H,33,38). The zero-order chi connectivity index (χ0) is 29.2. The van der Waals surface area contributed by atoms with Crippen LogP contribution >= 0.6 is 0 Å². The molecule has 0 saturated carbocycles. The minimum absolute atomic E-state index is 0.270. The number of hydrogen-bond acceptors (Lipinski definition) is 5. The van der Waals surface area contributed by atoms with Crippen LogP contribution in [-0.4, -0.2) is 46.4 Å². The molecule has 4 amide bonds. The molecule has 9 nitrogen and oxygen atoms in total. The number of ether oxygens (including phenoxy) is 1. The van der Waals surface area contributed by atoms with Crippen molar-refractivity contribution in [3.63, 3.8) is 0 Å². The third-order valence-electron chi connectivity index (χ3n) is 6.25. The molecule has 0 saturated heterocycles. The number of amides is 4. The number of carbonyl (C=O) groups excluding carboxylic acids is 4. The van der Waals surface area contributed by atoms with Crippen LogP contribution in [0.4, 0.5) is 4.79 Å². The molecule has 3 unspecified atom stereocenters. The Hall–Kier alpha value is -3.88. The van der Waals surface area contributed by atoms with Gasteiger partial charge in [-0.3, -0.25) is 14.4 Å². The number of aryl methyl sites for hydroxylation is 1. The number of carbonyl (C=O) groups is 4. The minimum Gasteiger partial charge on any atom is -0.444 e. The van der Waals surface area contributed by atoms with E-state index in [1.165, 1.54) is 4.90 Å². The second-order valence-electron chi connectivity index (χ2n) is 10.6. The second kappa shape index (κ2) is 14.3. The molecule has 0 aliphatic heterocycles. The van der Waals surface area contributed by atoms with Crippen molar-refractivity contribution in [2.45, 2.75) is 91.1 Å². The van der Waals surface area contributed by atoms with E-state index < -0.39 is 48.1 Å². The molecule has 2 aromatic rings. The van der Waals surface area contributed by atoms with Crippen LogP contribution in [0.25, 0.3) is 0 Å². The number of nitrogens with two attached hydrogens (primary N) is 1. The Labute approximate surface area is 231 Å². The number of primary amides is 1. The predicted octanol–water partition coefficient (Wildman–Crippen LogP) is 4.00. The fourth-order valence-electron chi connectivity index (χ4n) is 4.08. The van der Waals surface area contributed by atoms with Gasteiger partial charge in [0.1, 0.15) is 17.7 Å². The van der Waals surface area contributed by atoms with E-state index in [0.29, 0.717) is 12.0 Å². The Morgan fingerprint density at radius 1 is 0.949 bits per heavy atom. The van der Waals surface area contributed by atoms with E-state index in [9.17, 15) is 19.2 Å². The van der Waals surface area contributed by atoms with E-state index in [4.69, 9.17) is 10.5 Å². The summed E-state index contributed by atoms with van der Waals surface area (Å²) >= 11 is 0. The zero-order valence-corrected chi connectivity index (χ0v) is 23.8. The van der Waals surface area contributed by atoms with E-state index >= 15 is 0 Å². The van der Waals surface area contributed by atoms with Crippen molar-refractivity contribution < 1.29 is 23.9 Å². The van der Waals surface area contributed by atoms with Gasteiger partial charge < -0.3 is 26.0 Å². The van der Waals surface area contributed by atoms with Crippen LogP contribution in [0.3, 0.4) is 0 Å². The molecule has 0 heterocycles. The molecule has 0 bridgehead atoms. The highest BCUT2D eigenvalue weighted by Gasteiger charge is 2.39. The third-order valence-corrected chi connectivity index (χ3v) is 6.25. The van der Waals surface area contributed by atoms with E-state index in [0.717, 1.165) is 17.5 Å². The molecule has 4 N–H and O–H groups in total. The van der Waals surface area contributed by atoms with Crippen LogP contribution < -0.4 is 16.4 Å². The molecule has 39 heavy (non-hydrogen) atoms. The third kappa shape index (κ3) is 9.74. The van der Waals surface area contributed by atoms with Crippen molar-refractivity contribution in [3.8, 4) is 0 Å². The molecule has 0 radical (unpaired) electrons. The average molecular weight is 539 g/mol. The summed E-state index contributed by atoms with van der Waals surface area (Å²) in [5, 5.41) is 5.46. The molecule has 3 atom stereocenters. The van der Waals surface area contributed by atoms with Gasteiger partial charge in [0.2, 0.25) is 17.7 Å². The first kappa shape index (κ1) is 31.3. The average Bonchev–Trinajstić information content (AvgIpc) is 2.88. The molecule has 0 aromatic heterocycles. The summed E-state index contributed by atoms with van der Waals surface area (Å²) in [5.74, 6) is -1.76. The highest BCUT2D eigenvalue weighted by Crippen LogP contribution is 2.27. The van der Waals surface area contributed by atoms with E-state index in [1.807, 2.05) is 75.4 Å². The maximum absolute atomic E-state index is 14.1. The quantitative estimate of drug-likeness (QED) is 0.376. The summed E-state index contributed by atoms with van der Waals surface area (Å²) in [6, 6.07) is 14.2. The number of hydrogen-bond donors (Lipinski definition) is 3. The Balaban J connectivity index is 2.51. The first-order chi connectivity index (χ1) is 18.4. The maximum Gasteiger partial charge on any atom is 0.408 e. The first-order valence-electron chi connectivity index (χ1n) is 13.4. The Morgan fingerprint density at radius 2 is 1.56 bits per heavy atom. The molecule has 9 heteroatoms. The fraction of sp³-hybridized carbons (Fsp3) is 0.467. The molecule has 2 aromatic carbocycles. The van der Waals surface area contributed by atoms with Gasteiger partial charge in [-0.1, -0.05) is 68.4 Å². The fourth-order valence-corrected chi connectivity index (χ4v) is 4.08. The smallest absolute Gasteiger partial charge is 0.408 e. The van der Waals surface area contributed by atoms with Crippen LogP contribution in [0.2, 0.25) is 0 Å². The number of benzene rings is 2. The molecule has 0 spiro atoms. The highest BCUT2D eigenvalue weighted by molar-refractivity contribution is 5.94. The summed E-state index contributed by atoms with van der Waals surface area (Å²) in [5.41, 5.74) is 7.24. The van der Waals surface area contributed by atoms with Gasteiger partial charge in [0.05, 0.1) is 6.42 Å². The lowest BCUT2D eigenvalue weighted by atomic mass is 9.97. The normalized spacial score (nSPS) is 13.5. The lowest BCUT2D eigenvalue weighted by Gasteiger charge is -2.38. The van der Waals surface area contributed by atoms with Crippen molar-refractivity contribution in [1.82, 2.24) is 15.5 Å². The van der Waals surface area contributed by atoms with Crippen LogP contribution in [0.5, 0.6) is 0 Å². The second-order valence-corrected chi connectivity index (χ2v) is 10.6. The van der Waals surface area contributed by atoms with Crippen molar-refractivity contribution in [3.05, 3.63) is 71.3 Å². The van der Waals surface area contributed by atoms with Gasteiger partial charge >= 0.3 is 6.09 Å². The van der Waals surface area contributed by atoms with Crippen molar-refractivity contribution in [1.29, 1.82) is 0 Å². The van der Waals surface area contributed by atoms with Gasteiger partial charge in [-0.15, -0.1) is 0 Å². The van der Waals surface area contributed by atoms with Crippen molar-refractivity contribution in [2.75, 3.05) is 0 Å². The largest absolute Gasteiger partial charge is 0.444 e. The predicted molar refractivity (Wildman–Crippen MR) is 150 cm³/mol. The SMILES string of the molecule is CCc1ccc(C(C(=O)NCc2ccccc2)N(C(=O)C(CC(N)=O)NC(=O)OC(C)(C)C)C(C)CC)cc1. The number of nitrogens with zero attached hydrogens (tertiary/aromatic N) is 1. The molecular formula is C30H42N4O5. The zero-order valence-electron chi connectivity index (χ0n) is 23.8. The van der Waals surface area contributed by atoms with Crippen LogP contribution in [-0.2, 0) is 32.1 Å². The summed E-state index contributed by atoms with van der Waals surface area (Å²) in [4.78, 5) is 53.8. The monoisotopic (exact) mass is 538 g/mol. The van der Waals surface area contributed by atoms with Crippen LogP contribution in [0.1, 0.15) is 77.1 Å². The molecule has 0 aliphatic rings. The first-order valence-corrected chi connectivity index (χ1v) is 13.4. The molecule has 212 valence electrons. The van der Waals surface area contributed by atoms with Crippen molar-refractivity contribution >= 4 is 23.8 Å². The summed E-state index contributed by atoms with van der Waals surface area (Å²) < 4.78 is 5.32. The maximum atomic E-state index is 14.1. The minimum atomic E-state index is -1.31. The van der Waals surface area contributed by atoms with E-state index in [1.54, 1.807) is 20.8 Å². The lowest BCUT2D eigenvalue weighted by molar-refractivity contribution is -0.146. The van der Waals surface area contributed by atoms with Gasteiger partial charge in [0.25, 0.3) is 0 Å². The van der Waals surface area contributed by atoms with E-state index in [2.05, 4.69) is 10.6 Å². The molecule has 0 aliphatic carbocycles. The molecule has 0 fully saturated rings. The van der Waals surface area contributed by atoms with Gasteiger partial charge in [0, 0.05) is 12.6 Å². The van der Waals surface area contributed by atoms with Gasteiger partial charge in [-0.05, 0) is 57.2 Å². The summed E-state index contributed by atoms with van der Waals surface area (Å²) in [6.45, 7) is 11.1. The topological polar surface area (TPSA) is 131 Å². The summed E-state index contributed by atoms with van der Waals surface area (Å²) in [7, 11) is 0. The van der Waals surface area contributed by atoms with Crippen molar-refractivity contribution in [2.24, 2.45) is 5.73 Å². The van der Waals surface area contributed by atoms with E-state index in [-0.39, 0.29) is 12.5 Å². The van der Waals surface area contributed by atoms with Crippen LogP contribution in [0.15, 0.2) is 54.6 Å². The van der Waals surface area contributed by atoms with Crippen LogP contribution in [0, 0.1) is 0 Å². The van der Waals surface area contributed by atoms with Gasteiger partial charge in [-0.2, -0.15) is 0 Å². The summed E-state index contributed by atoms with van der Waals surface area (Å²) in [6.07, 6.45) is 0.0398. The Kier molecular flexibility index (Phi) is 11.5. The number of nitrogens with one attached hydrogen (secondary N) is 2.